The quantitative estimate of drug-likeness (QED) is 0.630. The number of rotatable bonds is 4. The molecule has 0 atom stereocenters. The van der Waals surface area contributed by atoms with E-state index in [2.05, 4.69) is 10.5 Å². The van der Waals surface area contributed by atoms with Crippen molar-refractivity contribution in [3.63, 3.8) is 0 Å². The fourth-order valence-electron chi connectivity index (χ4n) is 1.38. The van der Waals surface area contributed by atoms with Gasteiger partial charge < -0.3 is 9.52 Å². The average molecular weight is 244 g/mol. The lowest BCUT2D eigenvalue weighted by atomic mass is 10.2. The van der Waals surface area contributed by atoms with Crippen molar-refractivity contribution in [3.05, 3.63) is 48.2 Å². The van der Waals surface area contributed by atoms with Crippen molar-refractivity contribution in [1.29, 1.82) is 0 Å². The summed E-state index contributed by atoms with van der Waals surface area (Å²) in [6.07, 6.45) is 1.38. The number of carbonyl (C=O) groups excluding carboxylic acids is 1. The fraction of sp³-hybridized carbons (Fsp3) is 0.0769. The summed E-state index contributed by atoms with van der Waals surface area (Å²) in [6.45, 7) is -0.592. The van der Waals surface area contributed by atoms with Crippen LogP contribution in [-0.4, -0.2) is 23.8 Å². The summed E-state index contributed by atoms with van der Waals surface area (Å²) >= 11 is 0. The number of carbonyl (C=O) groups is 1. The molecule has 0 aliphatic heterocycles. The number of hydrogen-bond acceptors (Lipinski definition) is 4. The van der Waals surface area contributed by atoms with Gasteiger partial charge in [-0.2, -0.15) is 5.10 Å². The minimum Gasteiger partial charge on any atom is -0.455 e. The lowest BCUT2D eigenvalue weighted by Crippen LogP contribution is -2.20. The van der Waals surface area contributed by atoms with Gasteiger partial charge in [0.05, 0.1) is 6.21 Å². The van der Waals surface area contributed by atoms with E-state index in [0.717, 1.165) is 11.3 Å². The molecule has 1 heterocycles. The number of hydrazone groups is 1. The van der Waals surface area contributed by atoms with E-state index in [0.29, 0.717) is 5.76 Å². The van der Waals surface area contributed by atoms with Crippen LogP contribution in [0.25, 0.3) is 11.3 Å². The molecule has 0 aliphatic rings. The van der Waals surface area contributed by atoms with Gasteiger partial charge in [-0.15, -0.1) is 0 Å². The number of benzene rings is 1. The Labute approximate surface area is 104 Å². The molecule has 2 aromatic rings. The minimum atomic E-state index is -0.592. The zero-order chi connectivity index (χ0) is 12.8. The van der Waals surface area contributed by atoms with Gasteiger partial charge in [-0.1, -0.05) is 30.3 Å². The first-order chi connectivity index (χ1) is 8.79. The van der Waals surface area contributed by atoms with Crippen molar-refractivity contribution in [2.45, 2.75) is 0 Å². The maximum Gasteiger partial charge on any atom is 0.265 e. The van der Waals surface area contributed by atoms with E-state index in [9.17, 15) is 4.79 Å². The topological polar surface area (TPSA) is 74.8 Å². The van der Waals surface area contributed by atoms with Gasteiger partial charge in [0.1, 0.15) is 18.1 Å². The Bertz CT molecular complexity index is 546. The number of furan rings is 1. The second-order valence-corrected chi connectivity index (χ2v) is 3.52. The largest absolute Gasteiger partial charge is 0.455 e. The van der Waals surface area contributed by atoms with Crippen molar-refractivity contribution in [3.8, 4) is 11.3 Å². The third-order valence-corrected chi connectivity index (χ3v) is 2.21. The predicted molar refractivity (Wildman–Crippen MR) is 67.0 cm³/mol. The molecule has 2 N–H and O–H groups in total. The fourth-order valence-corrected chi connectivity index (χ4v) is 1.38. The molecular weight excluding hydrogens is 232 g/mol. The zero-order valence-corrected chi connectivity index (χ0v) is 9.54. The van der Waals surface area contributed by atoms with E-state index >= 15 is 0 Å². The Morgan fingerprint density at radius 3 is 2.78 bits per heavy atom. The SMILES string of the molecule is O=C(CO)N/N=C\c1ccc(-c2ccccc2)o1. The second-order valence-electron chi connectivity index (χ2n) is 3.52. The summed E-state index contributed by atoms with van der Waals surface area (Å²) < 4.78 is 5.52. The van der Waals surface area contributed by atoms with Crippen LogP contribution >= 0.6 is 0 Å². The normalized spacial score (nSPS) is 10.7. The van der Waals surface area contributed by atoms with Crippen molar-refractivity contribution in [2.75, 3.05) is 6.61 Å². The van der Waals surface area contributed by atoms with E-state index in [1.165, 1.54) is 6.21 Å². The van der Waals surface area contributed by atoms with Gasteiger partial charge in [-0.25, -0.2) is 5.43 Å². The molecule has 92 valence electrons. The standard InChI is InChI=1S/C13H12N2O3/c16-9-13(17)15-14-8-11-6-7-12(18-11)10-4-2-1-3-5-10/h1-8,16H,9H2,(H,15,17)/b14-8-. The van der Waals surface area contributed by atoms with Crippen LogP contribution < -0.4 is 5.43 Å². The Balaban J connectivity index is 2.05. The lowest BCUT2D eigenvalue weighted by molar-refractivity contribution is -0.123. The summed E-state index contributed by atoms with van der Waals surface area (Å²) in [7, 11) is 0. The first-order valence-corrected chi connectivity index (χ1v) is 5.37. The van der Waals surface area contributed by atoms with Crippen molar-refractivity contribution >= 4 is 12.1 Å². The van der Waals surface area contributed by atoms with Crippen molar-refractivity contribution in [2.24, 2.45) is 5.10 Å². The molecular formula is C13H12N2O3. The van der Waals surface area contributed by atoms with E-state index in [4.69, 9.17) is 9.52 Å². The molecule has 0 saturated heterocycles. The maximum absolute atomic E-state index is 10.7. The molecule has 5 heteroatoms. The maximum atomic E-state index is 10.7. The molecule has 0 fully saturated rings. The van der Waals surface area contributed by atoms with E-state index in [1.807, 2.05) is 36.4 Å². The van der Waals surface area contributed by atoms with Crippen LogP contribution in [0.5, 0.6) is 0 Å². The summed E-state index contributed by atoms with van der Waals surface area (Å²) in [5.41, 5.74) is 3.12. The van der Waals surface area contributed by atoms with Crippen LogP contribution in [0.3, 0.4) is 0 Å². The number of aliphatic hydroxyl groups excluding tert-OH is 1. The van der Waals surface area contributed by atoms with Gasteiger partial charge in [0.15, 0.2) is 0 Å². The van der Waals surface area contributed by atoms with Crippen LogP contribution in [0.15, 0.2) is 52.0 Å². The number of nitrogens with zero attached hydrogens (tertiary/aromatic N) is 1. The molecule has 1 aromatic heterocycles. The third-order valence-electron chi connectivity index (χ3n) is 2.21. The van der Waals surface area contributed by atoms with Gasteiger partial charge in [0, 0.05) is 5.56 Å². The second kappa shape index (κ2) is 5.79. The first-order valence-electron chi connectivity index (χ1n) is 5.37. The molecule has 0 unspecified atom stereocenters. The molecule has 0 radical (unpaired) electrons. The predicted octanol–water partition coefficient (Wildman–Crippen LogP) is 1.39. The van der Waals surface area contributed by atoms with Gasteiger partial charge in [0.2, 0.25) is 0 Å². The molecule has 2 rings (SSSR count). The lowest BCUT2D eigenvalue weighted by Gasteiger charge is -1.95. The minimum absolute atomic E-state index is 0.520. The van der Waals surface area contributed by atoms with Crippen LogP contribution in [0.2, 0.25) is 0 Å². The average Bonchev–Trinajstić information content (AvgIpc) is 2.88. The third kappa shape index (κ3) is 3.05. The highest BCUT2D eigenvalue weighted by Gasteiger charge is 2.02. The summed E-state index contributed by atoms with van der Waals surface area (Å²) in [6, 6.07) is 13.2. The Morgan fingerprint density at radius 2 is 2.06 bits per heavy atom. The molecule has 0 bridgehead atoms. The summed E-state index contributed by atoms with van der Waals surface area (Å²) in [5.74, 6) is 0.679. The molecule has 1 amide bonds. The number of nitrogens with one attached hydrogen (secondary N) is 1. The van der Waals surface area contributed by atoms with Crippen LogP contribution in [-0.2, 0) is 4.79 Å². The van der Waals surface area contributed by atoms with Crippen molar-refractivity contribution in [1.82, 2.24) is 5.43 Å². The molecule has 0 aliphatic carbocycles. The highest BCUT2D eigenvalue weighted by Crippen LogP contribution is 2.20. The van der Waals surface area contributed by atoms with E-state index < -0.39 is 12.5 Å². The van der Waals surface area contributed by atoms with Crippen LogP contribution in [0, 0.1) is 0 Å². The summed E-state index contributed by atoms with van der Waals surface area (Å²) in [5, 5.41) is 12.1. The van der Waals surface area contributed by atoms with E-state index in [1.54, 1.807) is 6.07 Å². The van der Waals surface area contributed by atoms with Gasteiger partial charge in [-0.3, -0.25) is 4.79 Å². The van der Waals surface area contributed by atoms with E-state index in [-0.39, 0.29) is 0 Å². The van der Waals surface area contributed by atoms with Crippen molar-refractivity contribution < 1.29 is 14.3 Å². The smallest absolute Gasteiger partial charge is 0.265 e. The van der Waals surface area contributed by atoms with Crippen LogP contribution in [0.4, 0.5) is 0 Å². The van der Waals surface area contributed by atoms with Gasteiger partial charge in [-0.05, 0) is 12.1 Å². The first kappa shape index (κ1) is 12.1. The highest BCUT2D eigenvalue weighted by molar-refractivity contribution is 5.81. The van der Waals surface area contributed by atoms with Gasteiger partial charge >= 0.3 is 0 Å². The highest BCUT2D eigenvalue weighted by atomic mass is 16.3. The molecule has 18 heavy (non-hydrogen) atoms. The Morgan fingerprint density at radius 1 is 1.28 bits per heavy atom. The molecule has 0 saturated carbocycles. The summed E-state index contributed by atoms with van der Waals surface area (Å²) in [4.78, 5) is 10.7. The Hall–Kier alpha value is -2.40. The molecule has 0 spiro atoms. The molecule has 5 nitrogen and oxygen atoms in total. The van der Waals surface area contributed by atoms with Gasteiger partial charge in [0.25, 0.3) is 5.91 Å². The monoisotopic (exact) mass is 244 g/mol. The Kier molecular flexibility index (Phi) is 3.88. The number of amides is 1. The molecule has 1 aromatic carbocycles. The number of hydrogen-bond donors (Lipinski definition) is 2. The van der Waals surface area contributed by atoms with Crippen LogP contribution in [0.1, 0.15) is 5.76 Å². The number of aliphatic hydroxyl groups is 1. The zero-order valence-electron chi connectivity index (χ0n) is 9.54.